The van der Waals surface area contributed by atoms with Crippen LogP contribution < -0.4 is 0 Å². The molecule has 0 bridgehead atoms. The Bertz CT molecular complexity index is 828. The van der Waals surface area contributed by atoms with Crippen LogP contribution in [0.3, 0.4) is 0 Å². The second kappa shape index (κ2) is 6.87. The van der Waals surface area contributed by atoms with Crippen LogP contribution >= 0.6 is 0 Å². The molecule has 28 heavy (non-hydrogen) atoms. The zero-order valence-corrected chi connectivity index (χ0v) is 16.0. The van der Waals surface area contributed by atoms with Gasteiger partial charge in [0.05, 0.1) is 0 Å². The lowest BCUT2D eigenvalue weighted by Gasteiger charge is -2.39. The topological polar surface area (TPSA) is 77.9 Å². The lowest BCUT2D eigenvalue weighted by Crippen LogP contribution is -2.45. The first-order chi connectivity index (χ1) is 13.3. The number of nitrogens with zero attached hydrogens (tertiary/aromatic N) is 2. The summed E-state index contributed by atoms with van der Waals surface area (Å²) in [6.45, 7) is 3.28. The molecule has 2 aliphatic heterocycles. The molecule has 1 aromatic rings. The van der Waals surface area contributed by atoms with E-state index in [1.54, 1.807) is 6.92 Å². The van der Waals surface area contributed by atoms with Crippen molar-refractivity contribution in [3.63, 3.8) is 0 Å². The summed E-state index contributed by atoms with van der Waals surface area (Å²) in [7, 11) is 0. The van der Waals surface area contributed by atoms with E-state index in [4.69, 9.17) is 0 Å². The number of rotatable bonds is 3. The van der Waals surface area contributed by atoms with Crippen molar-refractivity contribution >= 4 is 17.8 Å². The Balaban J connectivity index is 1.52. The van der Waals surface area contributed by atoms with Gasteiger partial charge in [0.15, 0.2) is 0 Å². The van der Waals surface area contributed by atoms with Gasteiger partial charge >= 0.3 is 5.97 Å². The van der Waals surface area contributed by atoms with Crippen LogP contribution in [-0.4, -0.2) is 58.4 Å². The second-order valence-electron chi connectivity index (χ2n) is 8.55. The van der Waals surface area contributed by atoms with Crippen LogP contribution in [0.5, 0.6) is 0 Å². The highest BCUT2D eigenvalue weighted by Crippen LogP contribution is 2.45. The Labute approximate surface area is 163 Å². The molecular weight excluding hydrogens is 363 g/mol. The number of hydrogen-bond donors (Lipinski definition) is 1. The van der Waals surface area contributed by atoms with Gasteiger partial charge < -0.3 is 14.9 Å². The van der Waals surface area contributed by atoms with Crippen LogP contribution in [0.2, 0.25) is 0 Å². The highest BCUT2D eigenvalue weighted by Gasteiger charge is 2.51. The molecule has 3 fully saturated rings. The molecule has 7 heteroatoms. The van der Waals surface area contributed by atoms with E-state index in [1.807, 2.05) is 4.90 Å². The number of benzene rings is 1. The number of likely N-dealkylation sites (tertiary alicyclic amines) is 2. The minimum atomic E-state index is -1.03. The van der Waals surface area contributed by atoms with Gasteiger partial charge in [-0.3, -0.25) is 9.59 Å². The van der Waals surface area contributed by atoms with Gasteiger partial charge in [-0.1, -0.05) is 6.07 Å². The fourth-order valence-electron chi connectivity index (χ4n) is 4.62. The third kappa shape index (κ3) is 3.38. The number of piperidine rings is 1. The molecule has 3 aliphatic rings. The normalized spacial score (nSPS) is 23.9. The maximum atomic E-state index is 13.7. The van der Waals surface area contributed by atoms with Gasteiger partial charge in [0.2, 0.25) is 5.91 Å². The minimum Gasteiger partial charge on any atom is -0.480 e. The smallest absolute Gasteiger partial charge is 0.326 e. The molecule has 6 nitrogen and oxygen atoms in total. The van der Waals surface area contributed by atoms with Crippen molar-refractivity contribution in [1.29, 1.82) is 0 Å². The van der Waals surface area contributed by atoms with E-state index in [0.29, 0.717) is 44.5 Å². The molecule has 1 aliphatic carbocycles. The van der Waals surface area contributed by atoms with Gasteiger partial charge in [-0.2, -0.15) is 0 Å². The monoisotopic (exact) mass is 388 g/mol. The zero-order valence-electron chi connectivity index (χ0n) is 16.0. The molecule has 0 aromatic heterocycles. The van der Waals surface area contributed by atoms with Crippen molar-refractivity contribution in [3.8, 4) is 0 Å². The lowest BCUT2D eigenvalue weighted by molar-refractivity contribution is -0.141. The first kappa shape index (κ1) is 18.9. The van der Waals surface area contributed by atoms with Crippen molar-refractivity contribution in [2.24, 2.45) is 11.3 Å². The number of carboxylic acid groups (broad SMARTS) is 1. The van der Waals surface area contributed by atoms with E-state index in [1.165, 1.54) is 23.1 Å². The summed E-state index contributed by atoms with van der Waals surface area (Å²) in [5.41, 5.74) is 0.547. The van der Waals surface area contributed by atoms with Crippen molar-refractivity contribution in [3.05, 3.63) is 35.1 Å². The highest BCUT2D eigenvalue weighted by atomic mass is 19.1. The molecule has 1 unspecified atom stereocenters. The number of amides is 2. The molecule has 1 aromatic carbocycles. The molecule has 4 rings (SSSR count). The number of carboxylic acids is 1. The van der Waals surface area contributed by atoms with E-state index in [0.717, 1.165) is 12.8 Å². The summed E-state index contributed by atoms with van der Waals surface area (Å²) in [6.07, 6.45) is 3.71. The molecule has 1 spiro atoms. The summed E-state index contributed by atoms with van der Waals surface area (Å²) in [4.78, 5) is 40.5. The fraction of sp³-hybridized carbons (Fsp3) is 0.571. The van der Waals surface area contributed by atoms with Crippen molar-refractivity contribution in [2.75, 3.05) is 19.6 Å². The number of aliphatic carboxylic acids is 1. The van der Waals surface area contributed by atoms with Crippen molar-refractivity contribution in [2.45, 2.75) is 45.1 Å². The predicted octanol–water partition coefficient (Wildman–Crippen LogP) is 2.45. The standard InChI is InChI=1S/C21H25FN2O4/c1-13-2-5-15(22)10-16(13)19(26)24-12-21(11-17(24)20(27)28)6-8-23(9-7-21)18(25)14-3-4-14/h2,5,10,14,17H,3-4,6-9,11-12H2,1H3,(H,27,28). The Morgan fingerprint density at radius 1 is 1.18 bits per heavy atom. The average molecular weight is 388 g/mol. The largest absolute Gasteiger partial charge is 0.480 e. The Morgan fingerprint density at radius 3 is 2.46 bits per heavy atom. The van der Waals surface area contributed by atoms with Gasteiger partial charge in [-0.05, 0) is 62.1 Å². The van der Waals surface area contributed by atoms with Gasteiger partial charge in [-0.25, -0.2) is 9.18 Å². The summed E-state index contributed by atoms with van der Waals surface area (Å²) in [6, 6.07) is 3.09. The van der Waals surface area contributed by atoms with E-state index < -0.39 is 23.7 Å². The number of carbonyl (C=O) groups is 3. The minimum absolute atomic E-state index is 0.179. The lowest BCUT2D eigenvalue weighted by atomic mass is 9.76. The molecule has 2 amide bonds. The number of halogens is 1. The Hall–Kier alpha value is -2.44. The molecule has 1 atom stereocenters. The summed E-state index contributed by atoms with van der Waals surface area (Å²) >= 11 is 0. The summed E-state index contributed by atoms with van der Waals surface area (Å²) in [5, 5.41) is 9.71. The van der Waals surface area contributed by atoms with Gasteiger partial charge in [0.25, 0.3) is 5.91 Å². The maximum Gasteiger partial charge on any atom is 0.326 e. The molecule has 2 saturated heterocycles. The summed E-state index contributed by atoms with van der Waals surface area (Å²) in [5.74, 6) is -1.58. The first-order valence-electron chi connectivity index (χ1n) is 9.88. The first-order valence-corrected chi connectivity index (χ1v) is 9.88. The fourth-order valence-corrected chi connectivity index (χ4v) is 4.62. The van der Waals surface area contributed by atoms with Crippen LogP contribution in [0.1, 0.15) is 48.0 Å². The van der Waals surface area contributed by atoms with Crippen LogP contribution in [-0.2, 0) is 9.59 Å². The maximum absolute atomic E-state index is 13.7. The molecule has 1 saturated carbocycles. The van der Waals surface area contributed by atoms with Gasteiger partial charge in [-0.15, -0.1) is 0 Å². The predicted molar refractivity (Wildman–Crippen MR) is 99.2 cm³/mol. The van der Waals surface area contributed by atoms with Crippen LogP contribution in [0.4, 0.5) is 4.39 Å². The van der Waals surface area contributed by atoms with Crippen molar-refractivity contribution in [1.82, 2.24) is 9.80 Å². The number of aryl methyl sites for hydroxylation is 1. The SMILES string of the molecule is Cc1ccc(F)cc1C(=O)N1CC2(CCN(C(=O)C3CC3)CC2)CC1C(=O)O. The quantitative estimate of drug-likeness (QED) is 0.863. The molecule has 1 N–H and O–H groups in total. The molecule has 0 radical (unpaired) electrons. The van der Waals surface area contributed by atoms with Gasteiger partial charge in [0, 0.05) is 31.1 Å². The summed E-state index contributed by atoms with van der Waals surface area (Å²) < 4.78 is 13.7. The van der Waals surface area contributed by atoms with Gasteiger partial charge in [0.1, 0.15) is 11.9 Å². The zero-order chi connectivity index (χ0) is 20.1. The Morgan fingerprint density at radius 2 is 1.86 bits per heavy atom. The van der Waals surface area contributed by atoms with E-state index in [-0.39, 0.29) is 22.8 Å². The van der Waals surface area contributed by atoms with E-state index in [9.17, 15) is 23.9 Å². The highest BCUT2D eigenvalue weighted by molar-refractivity contribution is 5.98. The van der Waals surface area contributed by atoms with Crippen LogP contribution in [0.15, 0.2) is 18.2 Å². The molecule has 2 heterocycles. The second-order valence-corrected chi connectivity index (χ2v) is 8.55. The molecular formula is C21H25FN2O4. The third-order valence-electron chi connectivity index (χ3n) is 6.55. The average Bonchev–Trinajstić information content (AvgIpc) is 3.45. The van der Waals surface area contributed by atoms with Crippen molar-refractivity contribution < 1.29 is 23.9 Å². The Kier molecular flexibility index (Phi) is 4.63. The molecule has 150 valence electrons. The van der Waals surface area contributed by atoms with Crippen LogP contribution in [0.25, 0.3) is 0 Å². The number of carbonyl (C=O) groups excluding carboxylic acids is 2. The van der Waals surface area contributed by atoms with Crippen LogP contribution in [0, 0.1) is 24.1 Å². The third-order valence-corrected chi connectivity index (χ3v) is 6.55. The van der Waals surface area contributed by atoms with E-state index >= 15 is 0 Å². The van der Waals surface area contributed by atoms with E-state index in [2.05, 4.69) is 0 Å². The number of hydrogen-bond acceptors (Lipinski definition) is 3.